The van der Waals surface area contributed by atoms with Crippen molar-refractivity contribution in [3.63, 3.8) is 0 Å². The molecule has 0 atom stereocenters. The Bertz CT molecular complexity index is 630. The van der Waals surface area contributed by atoms with Gasteiger partial charge >= 0.3 is 0 Å². The Kier molecular flexibility index (Phi) is 3.62. The average Bonchev–Trinajstić information content (AvgIpc) is 2.95. The van der Waals surface area contributed by atoms with Crippen molar-refractivity contribution in [2.24, 2.45) is 0 Å². The van der Waals surface area contributed by atoms with Gasteiger partial charge in [0.05, 0.1) is 11.1 Å². The topological polar surface area (TPSA) is 47.6 Å². The fourth-order valence-electron chi connectivity index (χ4n) is 1.79. The largest absolute Gasteiger partial charge is 0.192 e. The summed E-state index contributed by atoms with van der Waals surface area (Å²) in [6, 6.07) is 8.16. The summed E-state index contributed by atoms with van der Waals surface area (Å²) < 4.78 is 0. The average molecular weight is 270 g/mol. The molecule has 0 aliphatic heterocycles. The van der Waals surface area contributed by atoms with Gasteiger partial charge in [-0.1, -0.05) is 0 Å². The van der Waals surface area contributed by atoms with E-state index in [0.717, 1.165) is 20.9 Å². The lowest BCUT2D eigenvalue weighted by molar-refractivity contribution is 1.48. The summed E-state index contributed by atoms with van der Waals surface area (Å²) >= 11 is 3.17. The van der Waals surface area contributed by atoms with Gasteiger partial charge in [0.2, 0.25) is 0 Å². The Morgan fingerprint density at radius 2 is 1.28 bits per heavy atom. The van der Waals surface area contributed by atoms with Crippen molar-refractivity contribution in [2.45, 2.75) is 13.8 Å². The second-order valence-corrected chi connectivity index (χ2v) is 6.00. The molecule has 2 aromatic heterocycles. The van der Waals surface area contributed by atoms with E-state index in [-0.39, 0.29) is 0 Å². The first-order valence-electron chi connectivity index (χ1n) is 5.32. The fraction of sp³-hybridized carbons (Fsp3) is 0.143. The maximum absolute atomic E-state index is 9.36. The molecule has 0 bridgehead atoms. The molecule has 0 fully saturated rings. The number of hydrogen-bond donors (Lipinski definition) is 0. The molecule has 2 rings (SSSR count). The zero-order valence-corrected chi connectivity index (χ0v) is 11.7. The maximum Gasteiger partial charge on any atom is 0.101 e. The lowest BCUT2D eigenvalue weighted by atomic mass is 9.97. The quantitative estimate of drug-likeness (QED) is 0.760. The molecule has 0 amide bonds. The second kappa shape index (κ2) is 5.18. The van der Waals surface area contributed by atoms with E-state index in [0.29, 0.717) is 11.1 Å². The molecule has 0 saturated heterocycles. The highest BCUT2D eigenvalue weighted by Crippen LogP contribution is 2.32. The number of nitrogens with zero attached hydrogens (tertiary/aromatic N) is 2. The standard InChI is InChI=1S/C14H10N2S2/c1-9-11(3-5-17-9)13(7-15)14(8-16)12-4-6-18-10(12)2/h3-6H,1-2H3/b14-13-. The molecular formula is C14H10N2S2. The van der Waals surface area contributed by atoms with Gasteiger partial charge in [-0.3, -0.25) is 0 Å². The number of rotatable bonds is 2. The highest BCUT2D eigenvalue weighted by atomic mass is 32.1. The Morgan fingerprint density at radius 1 is 0.889 bits per heavy atom. The van der Waals surface area contributed by atoms with Crippen molar-refractivity contribution in [3.05, 3.63) is 43.8 Å². The third kappa shape index (κ3) is 2.09. The molecule has 2 nitrogen and oxygen atoms in total. The van der Waals surface area contributed by atoms with Crippen LogP contribution in [0.5, 0.6) is 0 Å². The van der Waals surface area contributed by atoms with Crippen molar-refractivity contribution < 1.29 is 0 Å². The normalized spacial score (nSPS) is 11.6. The van der Waals surface area contributed by atoms with E-state index in [9.17, 15) is 10.5 Å². The number of allylic oxidation sites excluding steroid dienone is 2. The van der Waals surface area contributed by atoms with E-state index < -0.39 is 0 Å². The minimum Gasteiger partial charge on any atom is -0.192 e. The van der Waals surface area contributed by atoms with E-state index in [2.05, 4.69) is 12.1 Å². The van der Waals surface area contributed by atoms with E-state index >= 15 is 0 Å². The maximum atomic E-state index is 9.36. The molecule has 0 spiro atoms. The van der Waals surface area contributed by atoms with Gasteiger partial charge in [-0.05, 0) is 36.7 Å². The van der Waals surface area contributed by atoms with Crippen LogP contribution in [0.3, 0.4) is 0 Å². The van der Waals surface area contributed by atoms with E-state index in [1.54, 1.807) is 22.7 Å². The summed E-state index contributed by atoms with van der Waals surface area (Å²) in [4.78, 5) is 2.12. The summed E-state index contributed by atoms with van der Waals surface area (Å²) in [5, 5.41) is 22.6. The lowest BCUT2D eigenvalue weighted by Crippen LogP contribution is -1.89. The van der Waals surface area contributed by atoms with Gasteiger partial charge in [0.15, 0.2) is 0 Å². The van der Waals surface area contributed by atoms with Gasteiger partial charge in [-0.25, -0.2) is 0 Å². The molecule has 0 N–H and O–H groups in total. The molecule has 4 heteroatoms. The summed E-state index contributed by atoms with van der Waals surface area (Å²) in [6.45, 7) is 3.93. The minimum atomic E-state index is 0.470. The minimum absolute atomic E-state index is 0.470. The van der Waals surface area contributed by atoms with Crippen LogP contribution in [-0.4, -0.2) is 0 Å². The van der Waals surface area contributed by atoms with Crippen LogP contribution in [0.15, 0.2) is 22.9 Å². The highest BCUT2D eigenvalue weighted by Gasteiger charge is 2.16. The predicted octanol–water partition coefficient (Wildman–Crippen LogP) is 4.38. The summed E-state index contributed by atoms with van der Waals surface area (Å²) in [7, 11) is 0. The van der Waals surface area contributed by atoms with Gasteiger partial charge in [-0.2, -0.15) is 10.5 Å². The molecule has 88 valence electrons. The third-order valence-corrected chi connectivity index (χ3v) is 4.42. The van der Waals surface area contributed by atoms with Gasteiger partial charge < -0.3 is 0 Å². The molecule has 0 aliphatic carbocycles. The van der Waals surface area contributed by atoms with Gasteiger partial charge in [0.25, 0.3) is 0 Å². The van der Waals surface area contributed by atoms with Gasteiger partial charge in [-0.15, -0.1) is 22.7 Å². The Labute approximate surface area is 114 Å². The monoisotopic (exact) mass is 270 g/mol. The van der Waals surface area contributed by atoms with Crippen LogP contribution in [-0.2, 0) is 0 Å². The van der Waals surface area contributed by atoms with Crippen molar-refractivity contribution in [2.75, 3.05) is 0 Å². The Morgan fingerprint density at radius 3 is 1.50 bits per heavy atom. The van der Waals surface area contributed by atoms with Crippen LogP contribution in [0, 0.1) is 36.5 Å². The molecule has 0 saturated carbocycles. The number of thiophene rings is 2. The Balaban J connectivity index is 2.71. The van der Waals surface area contributed by atoms with Crippen LogP contribution in [0.2, 0.25) is 0 Å². The molecule has 0 aromatic carbocycles. The molecular weight excluding hydrogens is 260 g/mol. The zero-order valence-electron chi connectivity index (χ0n) is 10.0. The van der Waals surface area contributed by atoms with Crippen molar-refractivity contribution >= 4 is 33.8 Å². The lowest BCUT2D eigenvalue weighted by Gasteiger charge is -2.03. The van der Waals surface area contributed by atoms with Crippen LogP contribution >= 0.6 is 22.7 Å². The fourth-order valence-corrected chi connectivity index (χ4v) is 3.20. The number of hydrogen-bond acceptors (Lipinski definition) is 4. The van der Waals surface area contributed by atoms with Crippen molar-refractivity contribution in [1.29, 1.82) is 10.5 Å². The SMILES string of the molecule is Cc1sccc1/C(C#N)=C(/C#N)c1ccsc1C. The molecule has 18 heavy (non-hydrogen) atoms. The first-order valence-corrected chi connectivity index (χ1v) is 7.08. The predicted molar refractivity (Wildman–Crippen MR) is 76.2 cm³/mol. The molecule has 2 aromatic rings. The smallest absolute Gasteiger partial charge is 0.101 e. The van der Waals surface area contributed by atoms with Crippen molar-refractivity contribution in [3.8, 4) is 12.1 Å². The third-order valence-electron chi connectivity index (χ3n) is 2.73. The van der Waals surface area contributed by atoms with E-state index in [1.165, 1.54) is 0 Å². The van der Waals surface area contributed by atoms with Crippen LogP contribution in [0.1, 0.15) is 20.9 Å². The van der Waals surface area contributed by atoms with E-state index in [4.69, 9.17) is 0 Å². The van der Waals surface area contributed by atoms with E-state index in [1.807, 2.05) is 36.7 Å². The van der Waals surface area contributed by atoms with Crippen molar-refractivity contribution in [1.82, 2.24) is 0 Å². The highest BCUT2D eigenvalue weighted by molar-refractivity contribution is 7.10. The Hall–Kier alpha value is -1.88. The second-order valence-electron chi connectivity index (χ2n) is 3.75. The summed E-state index contributed by atoms with van der Waals surface area (Å²) in [6.07, 6.45) is 0. The zero-order chi connectivity index (χ0) is 13.1. The first-order chi connectivity index (χ1) is 8.69. The first kappa shape index (κ1) is 12.6. The van der Waals surface area contributed by atoms with Gasteiger partial charge in [0.1, 0.15) is 12.1 Å². The molecule has 2 heterocycles. The van der Waals surface area contributed by atoms with Gasteiger partial charge in [0, 0.05) is 20.9 Å². The number of nitriles is 2. The van der Waals surface area contributed by atoms with Crippen LogP contribution in [0.25, 0.3) is 11.1 Å². The molecule has 0 radical (unpaired) electrons. The molecule has 0 unspecified atom stereocenters. The molecule has 0 aliphatic rings. The van der Waals surface area contributed by atoms with Crippen LogP contribution in [0.4, 0.5) is 0 Å². The number of aryl methyl sites for hydroxylation is 2. The van der Waals surface area contributed by atoms with Crippen LogP contribution < -0.4 is 0 Å². The summed E-state index contributed by atoms with van der Waals surface area (Å²) in [5.74, 6) is 0. The summed E-state index contributed by atoms with van der Waals surface area (Å²) in [5.41, 5.74) is 2.67.